The molecule has 0 atom stereocenters. The van der Waals surface area contributed by atoms with Crippen molar-refractivity contribution in [1.29, 1.82) is 0 Å². The number of amides is 1. The number of isocyanates is 1. The minimum absolute atomic E-state index is 0.183. The summed E-state index contributed by atoms with van der Waals surface area (Å²) in [6.45, 7) is 0.599. The molecule has 0 bridgehead atoms. The highest BCUT2D eigenvalue weighted by Gasteiger charge is 2.21. The minimum Gasteiger partial charge on any atom is -0.328 e. The minimum atomic E-state index is -0.183. The molecular weight excluding hydrogens is 587 g/mol. The number of aliphatic imine (C=N–C) groups is 1. The van der Waals surface area contributed by atoms with Crippen LogP contribution in [0.3, 0.4) is 0 Å². The molecule has 0 aromatic carbocycles. The Bertz CT molecular complexity index is 708. The summed E-state index contributed by atoms with van der Waals surface area (Å²) in [6, 6.07) is 0.536. The Morgan fingerprint density at radius 1 is 0.756 bits per heavy atom. The quantitative estimate of drug-likeness (QED) is 0.0760. The average Bonchev–Trinajstić information content (AvgIpc) is 3.00. The summed E-state index contributed by atoms with van der Waals surface area (Å²) in [5, 5.41) is 3.64. The Kier molecular flexibility index (Phi) is 28.3. The number of hydrogen-bond acceptors (Lipinski definition) is 7. The van der Waals surface area contributed by atoms with Crippen molar-refractivity contribution in [3.05, 3.63) is 4.91 Å². The monoisotopic (exact) mass is 638 g/mol. The van der Waals surface area contributed by atoms with Gasteiger partial charge < -0.3 is 5.73 Å². The molecule has 238 valence electrons. The van der Waals surface area contributed by atoms with E-state index in [9.17, 15) is 19.3 Å². The lowest BCUT2D eigenvalue weighted by Gasteiger charge is -2.22. The van der Waals surface area contributed by atoms with Crippen LogP contribution in [0, 0.1) is 16.7 Å². The number of nitrogens with two attached hydrogens (primary N) is 1. The number of nitroso groups, excluding NO2 is 1. The number of alkyl halides is 3. The standard InChI is InChI=1S/C11H19ClO.C10H17ClN2O2.C6H13N.C3H4ClNO/c12-8-4-7-11(13)9-10-5-2-1-3-6-10;11-6-7-13(12-15)10(14)8-9-4-2-1-3-5-9;7-6-4-2-1-3-5-6;4-1-2-5-3-6/h10H,1-9H2;9H,1-8H2;6H,1-5,7H2;1-2H2. The largest absolute Gasteiger partial charge is 0.328 e. The molecular formula is C30H53Cl3N4O4. The van der Waals surface area contributed by atoms with Gasteiger partial charge in [0.25, 0.3) is 0 Å². The summed E-state index contributed by atoms with van der Waals surface area (Å²) in [5.41, 5.74) is 5.63. The zero-order valence-electron chi connectivity index (χ0n) is 24.9. The predicted molar refractivity (Wildman–Crippen MR) is 170 cm³/mol. The van der Waals surface area contributed by atoms with Crippen molar-refractivity contribution in [3.8, 4) is 0 Å². The van der Waals surface area contributed by atoms with E-state index < -0.39 is 0 Å². The summed E-state index contributed by atoms with van der Waals surface area (Å²) < 4.78 is 0. The fourth-order valence-corrected chi connectivity index (χ4v) is 5.71. The molecule has 0 radical (unpaired) electrons. The second-order valence-corrected chi connectivity index (χ2v) is 12.2. The molecule has 3 fully saturated rings. The van der Waals surface area contributed by atoms with E-state index in [4.69, 9.17) is 40.5 Å². The van der Waals surface area contributed by atoms with Crippen LogP contribution >= 0.6 is 34.8 Å². The summed E-state index contributed by atoms with van der Waals surface area (Å²) in [4.78, 5) is 45.8. The summed E-state index contributed by atoms with van der Waals surface area (Å²) >= 11 is 16.1. The third-order valence-corrected chi connectivity index (χ3v) is 8.22. The molecule has 41 heavy (non-hydrogen) atoms. The molecule has 0 aliphatic heterocycles. The molecule has 2 N–H and O–H groups in total. The molecule has 3 saturated carbocycles. The van der Waals surface area contributed by atoms with Crippen LogP contribution in [-0.2, 0) is 14.4 Å². The zero-order chi connectivity index (χ0) is 30.6. The van der Waals surface area contributed by atoms with Crippen LogP contribution in [0.1, 0.15) is 122 Å². The molecule has 0 saturated heterocycles. The third kappa shape index (κ3) is 24.1. The van der Waals surface area contributed by atoms with Crippen molar-refractivity contribution >= 4 is 52.6 Å². The zero-order valence-corrected chi connectivity index (χ0v) is 27.2. The van der Waals surface area contributed by atoms with Crippen LogP contribution in [-0.4, -0.2) is 59.6 Å². The van der Waals surface area contributed by atoms with Crippen LogP contribution in [0.5, 0.6) is 0 Å². The Labute approximate surface area is 262 Å². The first-order valence-electron chi connectivity index (χ1n) is 15.5. The Morgan fingerprint density at radius 2 is 1.27 bits per heavy atom. The van der Waals surface area contributed by atoms with Crippen LogP contribution in [0.25, 0.3) is 0 Å². The lowest BCUT2D eigenvalue weighted by Crippen LogP contribution is -2.29. The molecule has 0 spiro atoms. The predicted octanol–water partition coefficient (Wildman–Crippen LogP) is 8.09. The van der Waals surface area contributed by atoms with Crippen LogP contribution in [0.2, 0.25) is 0 Å². The van der Waals surface area contributed by atoms with Gasteiger partial charge in [-0.25, -0.2) is 9.79 Å². The third-order valence-electron chi connectivity index (χ3n) is 7.61. The van der Waals surface area contributed by atoms with Gasteiger partial charge in [-0.3, -0.25) is 9.59 Å². The van der Waals surface area contributed by atoms with E-state index in [1.807, 2.05) is 0 Å². The maximum Gasteiger partial charge on any atom is 0.245 e. The smallest absolute Gasteiger partial charge is 0.245 e. The van der Waals surface area contributed by atoms with Gasteiger partial charge in [0.05, 0.1) is 18.4 Å². The van der Waals surface area contributed by atoms with E-state index in [0.29, 0.717) is 54.8 Å². The van der Waals surface area contributed by atoms with Gasteiger partial charge in [0.1, 0.15) is 5.78 Å². The fourth-order valence-electron chi connectivity index (χ4n) is 5.34. The van der Waals surface area contributed by atoms with Gasteiger partial charge >= 0.3 is 0 Å². The molecule has 3 aliphatic carbocycles. The number of Topliss-reactive ketones (excluding diaryl/α,β-unsaturated/α-hetero) is 1. The normalized spacial score (nSPS) is 17.7. The second-order valence-electron chi connectivity index (χ2n) is 11.1. The number of rotatable bonds is 12. The molecule has 1 amide bonds. The number of ketones is 1. The fraction of sp³-hybridized carbons (Fsp3) is 0.900. The first kappa shape index (κ1) is 40.0. The molecule has 8 nitrogen and oxygen atoms in total. The van der Waals surface area contributed by atoms with E-state index in [0.717, 1.165) is 30.7 Å². The summed E-state index contributed by atoms with van der Waals surface area (Å²) in [6.07, 6.45) is 23.2. The Morgan fingerprint density at radius 3 is 1.63 bits per heavy atom. The lowest BCUT2D eigenvalue weighted by molar-refractivity contribution is -0.132. The Hall–Kier alpha value is -1.05. The molecule has 0 heterocycles. The lowest BCUT2D eigenvalue weighted by atomic mass is 9.85. The van der Waals surface area contributed by atoms with Crippen LogP contribution in [0.15, 0.2) is 10.3 Å². The van der Waals surface area contributed by atoms with Gasteiger partial charge in [0.2, 0.25) is 12.0 Å². The van der Waals surface area contributed by atoms with E-state index in [2.05, 4.69) is 10.3 Å². The van der Waals surface area contributed by atoms with Gasteiger partial charge in [-0.2, -0.15) is 5.01 Å². The van der Waals surface area contributed by atoms with Crippen molar-refractivity contribution in [2.24, 2.45) is 27.8 Å². The number of carbonyl (C=O) groups excluding carboxylic acids is 3. The van der Waals surface area contributed by atoms with E-state index in [1.54, 1.807) is 0 Å². The van der Waals surface area contributed by atoms with Crippen molar-refractivity contribution in [2.75, 3.05) is 30.7 Å². The number of carbonyl (C=O) groups is 2. The Balaban J connectivity index is 0.000000556. The topological polar surface area (TPSA) is 122 Å². The number of halogens is 3. The molecule has 11 heteroatoms. The van der Waals surface area contributed by atoms with Gasteiger partial charge in [-0.05, 0) is 43.9 Å². The van der Waals surface area contributed by atoms with E-state index in [1.165, 1.54) is 89.6 Å². The molecule has 0 aromatic rings. The van der Waals surface area contributed by atoms with Crippen molar-refractivity contribution < 1.29 is 14.4 Å². The number of hydrogen-bond donors (Lipinski definition) is 1. The summed E-state index contributed by atoms with van der Waals surface area (Å²) in [5.74, 6) is 2.64. The van der Waals surface area contributed by atoms with Gasteiger partial charge in [-0.15, -0.1) is 39.7 Å². The van der Waals surface area contributed by atoms with Crippen molar-refractivity contribution in [2.45, 2.75) is 128 Å². The van der Waals surface area contributed by atoms with Crippen molar-refractivity contribution in [1.82, 2.24) is 5.01 Å². The molecule has 0 aromatic heterocycles. The summed E-state index contributed by atoms with van der Waals surface area (Å²) in [7, 11) is 0. The first-order chi connectivity index (χ1) is 19.9. The van der Waals surface area contributed by atoms with E-state index >= 15 is 0 Å². The molecule has 3 rings (SSSR count). The van der Waals surface area contributed by atoms with Crippen molar-refractivity contribution in [3.63, 3.8) is 0 Å². The highest BCUT2D eigenvalue weighted by Crippen LogP contribution is 2.27. The maximum atomic E-state index is 11.6. The highest BCUT2D eigenvalue weighted by atomic mass is 35.5. The number of nitrogens with zero attached hydrogens (tertiary/aromatic N) is 3. The molecule has 3 aliphatic rings. The SMILES string of the molecule is NC1CCCCC1.O=C(CCCCl)CC1CCCCC1.O=C=NCCCl.O=NN(CCCl)C(=O)CC1CCCCC1. The van der Waals surface area contributed by atoms with Gasteiger partial charge in [0, 0.05) is 42.9 Å². The highest BCUT2D eigenvalue weighted by molar-refractivity contribution is 6.18. The molecule has 0 unspecified atom stereocenters. The average molecular weight is 640 g/mol. The first-order valence-corrected chi connectivity index (χ1v) is 17.1. The van der Waals surface area contributed by atoms with E-state index in [-0.39, 0.29) is 18.3 Å². The van der Waals surface area contributed by atoms with Crippen LogP contribution < -0.4 is 5.73 Å². The van der Waals surface area contributed by atoms with Crippen LogP contribution in [0.4, 0.5) is 0 Å². The maximum absolute atomic E-state index is 11.6. The van der Waals surface area contributed by atoms with Gasteiger partial charge in [-0.1, -0.05) is 70.6 Å². The second kappa shape index (κ2) is 29.0. The van der Waals surface area contributed by atoms with Gasteiger partial charge in [0.15, 0.2) is 0 Å².